The highest BCUT2D eigenvalue weighted by atomic mass is 35.5. The number of ether oxygens (including phenoxy) is 1. The maximum atomic E-state index is 12.7. The lowest BCUT2D eigenvalue weighted by molar-refractivity contribution is -0.121. The Morgan fingerprint density at radius 2 is 2.07 bits per heavy atom. The number of aliphatic imine (C=N–C) groups is 1. The van der Waals surface area contributed by atoms with Crippen LogP contribution < -0.4 is 14.8 Å². The van der Waals surface area contributed by atoms with E-state index < -0.39 is 15.9 Å². The molecule has 1 atom stereocenters. The first-order valence-electron chi connectivity index (χ1n) is 9.29. The predicted molar refractivity (Wildman–Crippen MR) is 111 cm³/mol. The van der Waals surface area contributed by atoms with Gasteiger partial charge in [0.15, 0.2) is 0 Å². The van der Waals surface area contributed by atoms with E-state index in [0.29, 0.717) is 35.9 Å². The van der Waals surface area contributed by atoms with Gasteiger partial charge in [0.25, 0.3) is 10.0 Å². The van der Waals surface area contributed by atoms with Gasteiger partial charge in [-0.25, -0.2) is 8.42 Å². The summed E-state index contributed by atoms with van der Waals surface area (Å²) < 4.78 is 33.3. The third-order valence-electron chi connectivity index (χ3n) is 4.84. The number of benzene rings is 2. The van der Waals surface area contributed by atoms with Crippen molar-refractivity contribution < 1.29 is 17.9 Å². The van der Waals surface area contributed by atoms with Crippen molar-refractivity contribution in [2.24, 2.45) is 10.9 Å². The lowest BCUT2D eigenvalue weighted by atomic mass is 9.96. The number of nitrogens with zero attached hydrogens (tertiary/aromatic N) is 1. The number of amides is 1. The molecule has 1 amide bonds. The molecule has 0 fully saturated rings. The molecule has 29 heavy (non-hydrogen) atoms. The molecule has 0 radical (unpaired) electrons. The van der Waals surface area contributed by atoms with Gasteiger partial charge in [-0.15, -0.1) is 0 Å². The van der Waals surface area contributed by atoms with E-state index >= 15 is 0 Å². The van der Waals surface area contributed by atoms with Crippen LogP contribution in [-0.2, 0) is 21.2 Å². The highest BCUT2D eigenvalue weighted by Gasteiger charge is 2.27. The minimum Gasteiger partial charge on any atom is -0.492 e. The maximum absolute atomic E-state index is 12.7. The van der Waals surface area contributed by atoms with E-state index in [-0.39, 0.29) is 17.4 Å². The number of halogens is 1. The van der Waals surface area contributed by atoms with Crippen LogP contribution >= 0.6 is 11.6 Å². The number of carbonyl (C=O) groups excluding carboxylic acids is 1. The highest BCUT2D eigenvalue weighted by molar-refractivity contribution is 7.90. The molecular weight excluding hydrogens is 414 g/mol. The summed E-state index contributed by atoms with van der Waals surface area (Å²) in [6.45, 7) is 0.881. The number of amidine groups is 1. The Kier molecular flexibility index (Phi) is 5.47. The molecule has 2 aliphatic heterocycles. The standard InChI is InChI=1S/C20H20ClN3O4S/c21-15-6-7-18-13(10-15)9-14(12-28-18)20(25)23-16-3-1-4-17(11-16)29(26,27)24-19-5-2-8-22-19/h1,3-4,6-7,10-11,14H,2,5,8-9,12H2,(H,22,24)(H,23,25). The Morgan fingerprint density at radius 1 is 1.21 bits per heavy atom. The Morgan fingerprint density at radius 3 is 2.86 bits per heavy atom. The first-order valence-corrected chi connectivity index (χ1v) is 11.2. The van der Waals surface area contributed by atoms with Crippen molar-refractivity contribution in [3.8, 4) is 5.75 Å². The molecule has 2 aliphatic rings. The molecule has 0 aromatic heterocycles. The van der Waals surface area contributed by atoms with Gasteiger partial charge >= 0.3 is 0 Å². The summed E-state index contributed by atoms with van der Waals surface area (Å²) in [6, 6.07) is 11.5. The second-order valence-corrected chi connectivity index (χ2v) is 9.14. The van der Waals surface area contributed by atoms with E-state index in [9.17, 15) is 13.2 Å². The van der Waals surface area contributed by atoms with E-state index in [1.807, 2.05) is 0 Å². The molecule has 152 valence electrons. The van der Waals surface area contributed by atoms with E-state index in [0.717, 1.165) is 17.7 Å². The number of fused-ring (bicyclic) bond motifs is 1. The van der Waals surface area contributed by atoms with Crippen molar-refractivity contribution in [2.45, 2.75) is 24.2 Å². The van der Waals surface area contributed by atoms with Gasteiger partial charge in [-0.1, -0.05) is 17.7 Å². The Hall–Kier alpha value is -2.58. The fraction of sp³-hybridized carbons (Fsp3) is 0.300. The minimum atomic E-state index is -3.74. The molecular formula is C20H20ClN3O4S. The van der Waals surface area contributed by atoms with Gasteiger partial charge in [-0.05, 0) is 54.8 Å². The van der Waals surface area contributed by atoms with Crippen molar-refractivity contribution in [1.82, 2.24) is 4.72 Å². The normalized spacial score (nSPS) is 18.4. The second kappa shape index (κ2) is 8.04. The van der Waals surface area contributed by atoms with E-state index in [4.69, 9.17) is 16.3 Å². The zero-order valence-corrected chi connectivity index (χ0v) is 17.1. The van der Waals surface area contributed by atoms with Crippen LogP contribution in [0.2, 0.25) is 5.02 Å². The van der Waals surface area contributed by atoms with E-state index in [1.165, 1.54) is 12.1 Å². The van der Waals surface area contributed by atoms with Gasteiger partial charge in [0.1, 0.15) is 18.2 Å². The van der Waals surface area contributed by atoms with Crippen LogP contribution in [-0.4, -0.2) is 33.3 Å². The number of sulfonamides is 1. The third-order valence-corrected chi connectivity index (χ3v) is 6.45. The van der Waals surface area contributed by atoms with Crippen LogP contribution in [0.3, 0.4) is 0 Å². The average Bonchev–Trinajstić information content (AvgIpc) is 3.20. The van der Waals surface area contributed by atoms with Crippen molar-refractivity contribution in [2.75, 3.05) is 18.5 Å². The third kappa shape index (κ3) is 4.54. The van der Waals surface area contributed by atoms with Crippen LogP contribution in [0.15, 0.2) is 52.4 Å². The van der Waals surface area contributed by atoms with Crippen molar-refractivity contribution in [3.63, 3.8) is 0 Å². The number of anilines is 1. The van der Waals surface area contributed by atoms with Crippen LogP contribution in [0.5, 0.6) is 5.75 Å². The first kappa shape index (κ1) is 19.7. The summed E-state index contributed by atoms with van der Waals surface area (Å²) in [4.78, 5) is 16.9. The van der Waals surface area contributed by atoms with Gasteiger partial charge < -0.3 is 10.1 Å². The van der Waals surface area contributed by atoms with Crippen LogP contribution in [0.25, 0.3) is 0 Å². The monoisotopic (exact) mass is 433 g/mol. The number of hydrogen-bond acceptors (Lipinski definition) is 5. The van der Waals surface area contributed by atoms with Gasteiger partial charge in [0.05, 0.1) is 10.8 Å². The lowest BCUT2D eigenvalue weighted by Gasteiger charge is -2.24. The number of nitrogens with one attached hydrogen (secondary N) is 2. The molecule has 0 saturated carbocycles. The topological polar surface area (TPSA) is 96.9 Å². The first-order chi connectivity index (χ1) is 13.9. The van der Waals surface area contributed by atoms with Gasteiger partial charge in [-0.3, -0.25) is 14.5 Å². The number of carbonyl (C=O) groups is 1. The lowest BCUT2D eigenvalue weighted by Crippen LogP contribution is -2.32. The summed E-state index contributed by atoms with van der Waals surface area (Å²) >= 11 is 6.03. The smallest absolute Gasteiger partial charge is 0.262 e. The molecule has 4 rings (SSSR count). The number of rotatable bonds is 4. The van der Waals surface area contributed by atoms with Gasteiger partial charge in [0, 0.05) is 23.7 Å². The molecule has 0 bridgehead atoms. The summed E-state index contributed by atoms with van der Waals surface area (Å²) in [7, 11) is -3.74. The quantitative estimate of drug-likeness (QED) is 0.774. The molecule has 1 unspecified atom stereocenters. The maximum Gasteiger partial charge on any atom is 0.262 e. The molecule has 2 N–H and O–H groups in total. The summed E-state index contributed by atoms with van der Waals surface area (Å²) in [5.74, 6) is 0.564. The van der Waals surface area contributed by atoms with Gasteiger partial charge in [0.2, 0.25) is 5.91 Å². The molecule has 0 saturated heterocycles. The van der Waals surface area contributed by atoms with Crippen molar-refractivity contribution >= 4 is 39.1 Å². The molecule has 2 heterocycles. The SMILES string of the molecule is O=C(Nc1cccc(S(=O)(=O)NC2=NCCC2)c1)C1COc2ccc(Cl)cc2C1. The highest BCUT2D eigenvalue weighted by Crippen LogP contribution is 2.30. The minimum absolute atomic E-state index is 0.0712. The van der Waals surface area contributed by atoms with E-state index in [1.54, 1.807) is 30.3 Å². The Balaban J connectivity index is 1.46. The van der Waals surface area contributed by atoms with Crippen LogP contribution in [0.1, 0.15) is 18.4 Å². The summed E-state index contributed by atoms with van der Waals surface area (Å²) in [5.41, 5.74) is 1.28. The van der Waals surface area contributed by atoms with Crippen LogP contribution in [0, 0.1) is 5.92 Å². The van der Waals surface area contributed by atoms with Crippen molar-refractivity contribution in [1.29, 1.82) is 0 Å². The average molecular weight is 434 g/mol. The molecule has 7 nitrogen and oxygen atoms in total. The van der Waals surface area contributed by atoms with E-state index in [2.05, 4.69) is 15.0 Å². The zero-order valence-electron chi connectivity index (χ0n) is 15.5. The molecule has 0 spiro atoms. The number of hydrogen-bond donors (Lipinski definition) is 2. The van der Waals surface area contributed by atoms with Gasteiger partial charge in [-0.2, -0.15) is 0 Å². The predicted octanol–water partition coefficient (Wildman–Crippen LogP) is 3.00. The fourth-order valence-corrected chi connectivity index (χ4v) is 4.68. The molecule has 9 heteroatoms. The molecule has 0 aliphatic carbocycles. The molecule has 2 aromatic rings. The van der Waals surface area contributed by atoms with Crippen LogP contribution in [0.4, 0.5) is 5.69 Å². The summed E-state index contributed by atoms with van der Waals surface area (Å²) in [6.07, 6.45) is 1.95. The Bertz CT molecular complexity index is 1080. The summed E-state index contributed by atoms with van der Waals surface area (Å²) in [5, 5.41) is 3.38. The fourth-order valence-electron chi connectivity index (χ4n) is 3.35. The Labute approximate surface area is 174 Å². The largest absolute Gasteiger partial charge is 0.492 e. The molecule has 2 aromatic carbocycles. The zero-order chi connectivity index (χ0) is 20.4. The van der Waals surface area contributed by atoms with Crippen molar-refractivity contribution in [3.05, 3.63) is 53.1 Å². The second-order valence-electron chi connectivity index (χ2n) is 7.02.